The molecule has 1 aromatic rings. The maximum absolute atomic E-state index is 11.5. The number of carbonyl (C=O) groups excluding carboxylic acids is 2. The molecule has 17 heavy (non-hydrogen) atoms. The number of methoxy groups -OCH3 is 1. The molecule has 0 heterocycles. The summed E-state index contributed by atoms with van der Waals surface area (Å²) in [6, 6.07) is 4.65. The molecule has 1 amide bonds. The monoisotopic (exact) mass is 238 g/mol. The molecule has 0 fully saturated rings. The van der Waals surface area contributed by atoms with E-state index in [1.165, 1.54) is 26.2 Å². The predicted octanol–water partition coefficient (Wildman–Crippen LogP) is 0.308. The third-order valence-electron chi connectivity index (χ3n) is 2.15. The van der Waals surface area contributed by atoms with Gasteiger partial charge in [-0.1, -0.05) is 6.07 Å². The van der Waals surface area contributed by atoms with Crippen LogP contribution in [0.25, 0.3) is 0 Å². The van der Waals surface area contributed by atoms with E-state index in [1.807, 2.05) is 0 Å². The lowest BCUT2D eigenvalue weighted by Gasteiger charge is -2.15. The second-order valence-electron chi connectivity index (χ2n) is 3.37. The number of hydrogen-bond acceptors (Lipinski definition) is 5. The molecule has 0 saturated heterocycles. The zero-order valence-electron chi connectivity index (χ0n) is 9.60. The first-order valence-corrected chi connectivity index (χ1v) is 4.90. The Morgan fingerprint density at radius 1 is 1.35 bits per heavy atom. The van der Waals surface area contributed by atoms with Gasteiger partial charge in [0.05, 0.1) is 7.11 Å². The Morgan fingerprint density at radius 3 is 2.53 bits per heavy atom. The van der Waals surface area contributed by atoms with E-state index in [1.54, 1.807) is 6.07 Å². The highest BCUT2D eigenvalue weighted by Gasteiger charge is 2.19. The fourth-order valence-electron chi connectivity index (χ4n) is 1.22. The van der Waals surface area contributed by atoms with E-state index in [4.69, 9.17) is 16.2 Å². The minimum Gasteiger partial charge on any atom is -0.480 e. The number of carbonyl (C=O) groups is 2. The summed E-state index contributed by atoms with van der Waals surface area (Å²) in [5.74, 6) is -1.10. The maximum Gasteiger partial charge on any atom is 0.343 e. The number of hydrogen-bond donors (Lipinski definition) is 2. The lowest BCUT2D eigenvalue weighted by atomic mass is 10.1. The molecule has 0 aliphatic rings. The minimum atomic E-state index is -0.861. The second-order valence-corrected chi connectivity index (χ2v) is 3.37. The van der Waals surface area contributed by atoms with Crippen LogP contribution in [0.15, 0.2) is 18.2 Å². The van der Waals surface area contributed by atoms with Gasteiger partial charge in [0.25, 0.3) is 5.91 Å². The largest absolute Gasteiger partial charge is 0.480 e. The molecule has 0 aromatic heterocycles. The molecule has 6 heteroatoms. The smallest absolute Gasteiger partial charge is 0.343 e. The highest BCUT2D eigenvalue weighted by Crippen LogP contribution is 2.26. The molecule has 92 valence electrons. The molecular formula is C11H14N2O4. The van der Waals surface area contributed by atoms with E-state index < -0.39 is 18.0 Å². The SMILES string of the molecule is COC(=O)c1c(N)cccc1OC(C)C(N)=O. The minimum absolute atomic E-state index is 0.0862. The first-order chi connectivity index (χ1) is 7.97. The van der Waals surface area contributed by atoms with E-state index in [2.05, 4.69) is 4.74 Å². The highest BCUT2D eigenvalue weighted by molar-refractivity contribution is 5.98. The van der Waals surface area contributed by atoms with Crippen molar-refractivity contribution >= 4 is 17.6 Å². The van der Waals surface area contributed by atoms with Gasteiger partial charge in [-0.25, -0.2) is 4.79 Å². The fourth-order valence-corrected chi connectivity index (χ4v) is 1.22. The Kier molecular flexibility index (Phi) is 3.92. The highest BCUT2D eigenvalue weighted by atomic mass is 16.5. The van der Waals surface area contributed by atoms with Crippen molar-refractivity contribution in [3.8, 4) is 5.75 Å². The Balaban J connectivity index is 3.11. The van der Waals surface area contributed by atoms with Crippen LogP contribution in [-0.2, 0) is 9.53 Å². The number of rotatable bonds is 4. The standard InChI is InChI=1S/C11H14N2O4/c1-6(10(13)14)17-8-5-3-4-7(12)9(8)11(15)16-2/h3-6H,12H2,1-2H3,(H2,13,14). The fraction of sp³-hybridized carbons (Fsp3) is 0.273. The van der Waals surface area contributed by atoms with E-state index in [9.17, 15) is 9.59 Å². The van der Waals surface area contributed by atoms with E-state index in [0.717, 1.165) is 0 Å². The Hall–Kier alpha value is -2.24. The summed E-state index contributed by atoms with van der Waals surface area (Å²) in [5.41, 5.74) is 11.0. The molecule has 1 aromatic carbocycles. The van der Waals surface area contributed by atoms with Crippen LogP contribution in [0.3, 0.4) is 0 Å². The van der Waals surface area contributed by atoms with Gasteiger partial charge in [0.1, 0.15) is 11.3 Å². The van der Waals surface area contributed by atoms with Gasteiger partial charge in [-0.15, -0.1) is 0 Å². The van der Waals surface area contributed by atoms with Crippen LogP contribution in [-0.4, -0.2) is 25.1 Å². The van der Waals surface area contributed by atoms with Crippen LogP contribution < -0.4 is 16.2 Å². The zero-order chi connectivity index (χ0) is 13.0. The summed E-state index contributed by atoms with van der Waals surface area (Å²) in [6.45, 7) is 1.48. The maximum atomic E-state index is 11.5. The molecule has 6 nitrogen and oxygen atoms in total. The first-order valence-electron chi connectivity index (χ1n) is 4.90. The van der Waals surface area contributed by atoms with E-state index in [-0.39, 0.29) is 17.0 Å². The molecule has 0 saturated carbocycles. The summed E-state index contributed by atoms with van der Waals surface area (Å²) >= 11 is 0. The number of ether oxygens (including phenoxy) is 2. The van der Waals surface area contributed by atoms with Gasteiger partial charge < -0.3 is 20.9 Å². The molecule has 0 aliphatic heterocycles. The van der Waals surface area contributed by atoms with Crippen LogP contribution in [0.5, 0.6) is 5.75 Å². The van der Waals surface area contributed by atoms with Gasteiger partial charge in [-0.2, -0.15) is 0 Å². The van der Waals surface area contributed by atoms with Crippen molar-refractivity contribution in [1.82, 2.24) is 0 Å². The molecule has 1 unspecified atom stereocenters. The van der Waals surface area contributed by atoms with Crippen LogP contribution >= 0.6 is 0 Å². The molecule has 0 aliphatic carbocycles. The average molecular weight is 238 g/mol. The third-order valence-corrected chi connectivity index (χ3v) is 2.15. The third kappa shape index (κ3) is 2.87. The van der Waals surface area contributed by atoms with Crippen molar-refractivity contribution in [1.29, 1.82) is 0 Å². The number of benzene rings is 1. The van der Waals surface area contributed by atoms with Gasteiger partial charge in [0.2, 0.25) is 0 Å². The molecule has 0 radical (unpaired) electrons. The van der Waals surface area contributed by atoms with E-state index in [0.29, 0.717) is 0 Å². The number of nitrogen functional groups attached to an aromatic ring is 1. The van der Waals surface area contributed by atoms with Crippen molar-refractivity contribution in [2.24, 2.45) is 5.73 Å². The van der Waals surface area contributed by atoms with Gasteiger partial charge in [-0.3, -0.25) is 4.79 Å². The number of anilines is 1. The zero-order valence-corrected chi connectivity index (χ0v) is 9.60. The second kappa shape index (κ2) is 5.20. The van der Waals surface area contributed by atoms with Crippen molar-refractivity contribution < 1.29 is 19.1 Å². The van der Waals surface area contributed by atoms with Crippen molar-refractivity contribution in [2.75, 3.05) is 12.8 Å². The van der Waals surface area contributed by atoms with Crippen LogP contribution in [0.4, 0.5) is 5.69 Å². The van der Waals surface area contributed by atoms with Gasteiger partial charge in [0.15, 0.2) is 6.10 Å². The Bertz CT molecular complexity index is 445. The number of primary amides is 1. The summed E-state index contributed by atoms with van der Waals surface area (Å²) in [7, 11) is 1.23. The lowest BCUT2D eigenvalue weighted by Crippen LogP contribution is -2.31. The molecule has 0 bridgehead atoms. The number of amides is 1. The molecule has 4 N–H and O–H groups in total. The normalized spacial score (nSPS) is 11.6. The van der Waals surface area contributed by atoms with Gasteiger partial charge >= 0.3 is 5.97 Å². The number of nitrogens with two attached hydrogens (primary N) is 2. The topological polar surface area (TPSA) is 105 Å². The van der Waals surface area contributed by atoms with Crippen molar-refractivity contribution in [3.63, 3.8) is 0 Å². The Labute approximate surface area is 98.5 Å². The quantitative estimate of drug-likeness (QED) is 0.580. The van der Waals surface area contributed by atoms with Crippen LogP contribution in [0.1, 0.15) is 17.3 Å². The summed E-state index contributed by atoms with van der Waals surface area (Å²) < 4.78 is 9.84. The van der Waals surface area contributed by atoms with E-state index >= 15 is 0 Å². The van der Waals surface area contributed by atoms with Crippen LogP contribution in [0, 0.1) is 0 Å². The van der Waals surface area contributed by atoms with Crippen LogP contribution in [0.2, 0.25) is 0 Å². The molecule has 0 spiro atoms. The average Bonchev–Trinajstić information content (AvgIpc) is 2.28. The molecule has 1 rings (SSSR count). The predicted molar refractivity (Wildman–Crippen MR) is 61.5 cm³/mol. The summed E-state index contributed by atoms with van der Waals surface area (Å²) in [4.78, 5) is 22.4. The molecule has 1 atom stereocenters. The molecular weight excluding hydrogens is 224 g/mol. The summed E-state index contributed by atoms with van der Waals surface area (Å²) in [6.07, 6.45) is -0.861. The number of esters is 1. The van der Waals surface area contributed by atoms with Crippen molar-refractivity contribution in [3.05, 3.63) is 23.8 Å². The Morgan fingerprint density at radius 2 is 2.00 bits per heavy atom. The van der Waals surface area contributed by atoms with Crippen molar-refractivity contribution in [2.45, 2.75) is 13.0 Å². The van der Waals surface area contributed by atoms with Gasteiger partial charge in [-0.05, 0) is 19.1 Å². The van der Waals surface area contributed by atoms with Gasteiger partial charge in [0, 0.05) is 5.69 Å². The lowest BCUT2D eigenvalue weighted by molar-refractivity contribution is -0.124. The first kappa shape index (κ1) is 12.8. The summed E-state index contributed by atoms with van der Waals surface area (Å²) in [5, 5.41) is 0.